The van der Waals surface area contributed by atoms with Gasteiger partial charge in [0.25, 0.3) is 11.8 Å². The maximum absolute atomic E-state index is 13.3. The molecule has 1 fully saturated rings. The second-order valence-corrected chi connectivity index (χ2v) is 8.56. The predicted molar refractivity (Wildman–Crippen MR) is 131 cm³/mol. The highest BCUT2D eigenvalue weighted by Gasteiger charge is 2.36. The fourth-order valence-electron chi connectivity index (χ4n) is 3.95. The van der Waals surface area contributed by atoms with E-state index in [1.165, 1.54) is 34.2 Å². The van der Waals surface area contributed by atoms with Crippen LogP contribution in [0.3, 0.4) is 0 Å². The Bertz CT molecular complexity index is 1280. The van der Waals surface area contributed by atoms with Gasteiger partial charge < -0.3 is 19.9 Å². The van der Waals surface area contributed by atoms with Crippen LogP contribution in [0.15, 0.2) is 72.9 Å². The van der Waals surface area contributed by atoms with Crippen LogP contribution in [-0.4, -0.2) is 65.2 Å². The van der Waals surface area contributed by atoms with Crippen molar-refractivity contribution >= 4 is 17.7 Å². The number of piperazine rings is 1. The Labute approximate surface area is 217 Å². The van der Waals surface area contributed by atoms with Crippen molar-refractivity contribution in [2.45, 2.75) is 12.8 Å². The van der Waals surface area contributed by atoms with Crippen molar-refractivity contribution in [3.05, 3.63) is 95.2 Å². The van der Waals surface area contributed by atoms with Crippen LogP contribution in [0.1, 0.15) is 31.8 Å². The van der Waals surface area contributed by atoms with Crippen LogP contribution in [0.25, 0.3) is 0 Å². The van der Waals surface area contributed by atoms with Crippen molar-refractivity contribution in [2.24, 2.45) is 0 Å². The van der Waals surface area contributed by atoms with E-state index in [4.69, 9.17) is 4.74 Å². The fourth-order valence-corrected chi connectivity index (χ4v) is 3.95. The van der Waals surface area contributed by atoms with E-state index in [9.17, 15) is 27.6 Å². The molecule has 3 amide bonds. The first-order valence-corrected chi connectivity index (χ1v) is 11.9. The summed E-state index contributed by atoms with van der Waals surface area (Å²) in [6, 6.07) is 17.3. The molecular formula is C27H25F3N4O4. The molecule has 0 saturated carbocycles. The number of hydrogen-bond donors (Lipinski definition) is 1. The summed E-state index contributed by atoms with van der Waals surface area (Å²) in [5.41, 5.74) is -0.178. The summed E-state index contributed by atoms with van der Waals surface area (Å²) in [4.78, 5) is 44.6. The van der Waals surface area contributed by atoms with E-state index < -0.39 is 29.1 Å². The summed E-state index contributed by atoms with van der Waals surface area (Å²) < 4.78 is 45.4. The Morgan fingerprint density at radius 3 is 2.18 bits per heavy atom. The van der Waals surface area contributed by atoms with Crippen molar-refractivity contribution in [2.75, 3.05) is 32.7 Å². The second-order valence-electron chi connectivity index (χ2n) is 8.56. The average Bonchev–Trinajstić information content (AvgIpc) is 2.94. The van der Waals surface area contributed by atoms with E-state index in [0.29, 0.717) is 12.5 Å². The van der Waals surface area contributed by atoms with Gasteiger partial charge in [-0.3, -0.25) is 14.4 Å². The number of halogens is 3. The molecule has 0 unspecified atom stereocenters. The molecule has 0 radical (unpaired) electrons. The highest BCUT2D eigenvalue weighted by Crippen LogP contribution is 2.32. The van der Waals surface area contributed by atoms with Crippen LogP contribution in [-0.2, 0) is 17.6 Å². The number of aromatic nitrogens is 1. The van der Waals surface area contributed by atoms with Crippen LogP contribution >= 0.6 is 0 Å². The topological polar surface area (TPSA) is 91.8 Å². The van der Waals surface area contributed by atoms with E-state index in [0.717, 1.165) is 17.7 Å². The van der Waals surface area contributed by atoms with Gasteiger partial charge in [0.2, 0.25) is 11.8 Å². The first-order valence-electron chi connectivity index (χ1n) is 11.9. The monoisotopic (exact) mass is 526 g/mol. The number of nitrogens with one attached hydrogen (secondary N) is 1. The van der Waals surface area contributed by atoms with Gasteiger partial charge in [-0.05, 0) is 23.8 Å². The molecule has 1 aliphatic rings. The normalized spacial score (nSPS) is 13.7. The summed E-state index contributed by atoms with van der Waals surface area (Å²) >= 11 is 0. The number of alkyl halides is 3. The average molecular weight is 527 g/mol. The highest BCUT2D eigenvalue weighted by molar-refractivity contribution is 5.97. The molecule has 38 heavy (non-hydrogen) atoms. The molecule has 0 aliphatic carbocycles. The van der Waals surface area contributed by atoms with Crippen LogP contribution in [0.5, 0.6) is 5.88 Å². The number of carbonyl (C=O) groups excluding carboxylic acids is 3. The molecule has 8 nitrogen and oxygen atoms in total. The van der Waals surface area contributed by atoms with Crippen LogP contribution in [0.4, 0.5) is 13.2 Å². The van der Waals surface area contributed by atoms with Gasteiger partial charge in [0.15, 0.2) is 0 Å². The minimum Gasteiger partial charge on any atom is -0.473 e. The first kappa shape index (κ1) is 26.6. The third-order valence-corrected chi connectivity index (χ3v) is 6.01. The maximum Gasteiger partial charge on any atom is 0.417 e. The molecule has 1 aliphatic heterocycles. The van der Waals surface area contributed by atoms with Gasteiger partial charge in [-0.25, -0.2) is 4.98 Å². The first-order chi connectivity index (χ1) is 18.2. The molecule has 1 aromatic heterocycles. The molecule has 1 N–H and O–H groups in total. The zero-order chi connectivity index (χ0) is 27.1. The van der Waals surface area contributed by atoms with E-state index in [1.807, 2.05) is 30.3 Å². The van der Waals surface area contributed by atoms with Gasteiger partial charge in [0, 0.05) is 38.4 Å². The lowest BCUT2D eigenvalue weighted by molar-refractivity contribution is -0.138. The Balaban J connectivity index is 1.23. The maximum atomic E-state index is 13.3. The number of amides is 3. The standard InChI is InChI=1S/C27H25F3N4O4/c28-27(29,30)22-9-5-4-8-21(22)26(37)34-14-12-33(13-15-34)24(35)17-32-25(36)20-10-11-23(31-16-20)38-18-19-6-2-1-3-7-19/h1-11,16H,12-15,17-18H2,(H,32,36). The number of ether oxygens (including phenoxy) is 1. The Morgan fingerprint density at radius 2 is 1.53 bits per heavy atom. The van der Waals surface area contributed by atoms with Crippen LogP contribution < -0.4 is 10.1 Å². The van der Waals surface area contributed by atoms with Gasteiger partial charge >= 0.3 is 6.18 Å². The largest absolute Gasteiger partial charge is 0.473 e. The smallest absolute Gasteiger partial charge is 0.417 e. The number of hydrogen-bond acceptors (Lipinski definition) is 5. The minimum absolute atomic E-state index is 0.0824. The van der Waals surface area contributed by atoms with E-state index in [-0.39, 0.29) is 44.2 Å². The van der Waals surface area contributed by atoms with Crippen molar-refractivity contribution in [1.82, 2.24) is 20.1 Å². The van der Waals surface area contributed by atoms with Gasteiger partial charge in [-0.2, -0.15) is 13.2 Å². The van der Waals surface area contributed by atoms with Crippen molar-refractivity contribution in [3.8, 4) is 5.88 Å². The summed E-state index contributed by atoms with van der Waals surface area (Å²) in [6.07, 6.45) is -3.30. The molecule has 0 bridgehead atoms. The zero-order valence-corrected chi connectivity index (χ0v) is 20.3. The molecule has 0 atom stereocenters. The molecule has 198 valence electrons. The number of rotatable bonds is 7. The molecular weight excluding hydrogens is 501 g/mol. The Morgan fingerprint density at radius 1 is 0.868 bits per heavy atom. The van der Waals surface area contributed by atoms with Crippen molar-refractivity contribution in [1.29, 1.82) is 0 Å². The van der Waals surface area contributed by atoms with Crippen LogP contribution in [0.2, 0.25) is 0 Å². The predicted octanol–water partition coefficient (Wildman–Crippen LogP) is 3.39. The number of benzene rings is 2. The molecule has 2 heterocycles. The molecule has 11 heteroatoms. The molecule has 2 aromatic carbocycles. The van der Waals surface area contributed by atoms with Crippen LogP contribution in [0, 0.1) is 0 Å². The number of pyridine rings is 1. The van der Waals surface area contributed by atoms with Gasteiger partial charge in [-0.1, -0.05) is 42.5 Å². The minimum atomic E-state index is -4.65. The Kier molecular flexibility index (Phi) is 8.25. The third kappa shape index (κ3) is 6.67. The van der Waals surface area contributed by atoms with Crippen molar-refractivity contribution < 1.29 is 32.3 Å². The lowest BCUT2D eigenvalue weighted by Crippen LogP contribution is -2.52. The lowest BCUT2D eigenvalue weighted by Gasteiger charge is -2.35. The number of nitrogens with zero attached hydrogens (tertiary/aromatic N) is 3. The summed E-state index contributed by atoms with van der Waals surface area (Å²) in [5, 5.41) is 2.54. The summed E-state index contributed by atoms with van der Waals surface area (Å²) in [6.45, 7) is 0.517. The molecule has 0 spiro atoms. The van der Waals surface area contributed by atoms with Gasteiger partial charge in [0.1, 0.15) is 6.61 Å². The lowest BCUT2D eigenvalue weighted by atomic mass is 10.1. The molecule has 3 aromatic rings. The third-order valence-electron chi connectivity index (χ3n) is 6.01. The number of carbonyl (C=O) groups is 3. The van der Waals surface area contributed by atoms with E-state index >= 15 is 0 Å². The zero-order valence-electron chi connectivity index (χ0n) is 20.3. The molecule has 4 rings (SSSR count). The Hall–Kier alpha value is -4.41. The van der Waals surface area contributed by atoms with Gasteiger partial charge in [0.05, 0.1) is 23.2 Å². The summed E-state index contributed by atoms with van der Waals surface area (Å²) in [5.74, 6) is -1.23. The van der Waals surface area contributed by atoms with Crippen molar-refractivity contribution in [3.63, 3.8) is 0 Å². The SMILES string of the molecule is O=C(NCC(=O)N1CCN(C(=O)c2ccccc2C(F)(F)F)CC1)c1ccc(OCc2ccccc2)nc1. The van der Waals surface area contributed by atoms with Gasteiger partial charge in [-0.15, -0.1) is 0 Å². The highest BCUT2D eigenvalue weighted by atomic mass is 19.4. The quantitative estimate of drug-likeness (QED) is 0.510. The van der Waals surface area contributed by atoms with E-state index in [1.54, 1.807) is 6.07 Å². The fraction of sp³-hybridized carbons (Fsp3) is 0.259. The molecule has 1 saturated heterocycles. The summed E-state index contributed by atoms with van der Waals surface area (Å²) in [7, 11) is 0. The second kappa shape index (κ2) is 11.8. The van der Waals surface area contributed by atoms with E-state index in [2.05, 4.69) is 10.3 Å².